The number of rotatable bonds is 8. The molecule has 0 aromatic carbocycles. The van der Waals surface area contributed by atoms with Gasteiger partial charge in [-0.15, -0.1) is 0 Å². The smallest absolute Gasteiger partial charge is 0.138 e. The predicted octanol–water partition coefficient (Wildman–Crippen LogP) is 0.762. The van der Waals surface area contributed by atoms with Crippen LogP contribution >= 0.6 is 0 Å². The van der Waals surface area contributed by atoms with Crippen LogP contribution in [0.2, 0.25) is 0 Å². The lowest BCUT2D eigenvalue weighted by Crippen LogP contribution is -2.36. The predicted molar refractivity (Wildman–Crippen MR) is 63.3 cm³/mol. The minimum atomic E-state index is 0.319. The van der Waals surface area contributed by atoms with E-state index in [1.165, 1.54) is 0 Å². The van der Waals surface area contributed by atoms with Gasteiger partial charge in [0, 0.05) is 26.1 Å². The number of aromatic nitrogens is 3. The summed E-state index contributed by atoms with van der Waals surface area (Å²) in [5, 5.41) is 7.46. The molecule has 5 nitrogen and oxygen atoms in total. The summed E-state index contributed by atoms with van der Waals surface area (Å²) < 4.78 is 7.38. The number of hydrogen-bond acceptors (Lipinski definition) is 4. The standard InChI is InChI=1S/C11H22N4O/c1-4-6-16-8-10(12-5-2)7-11-13-9-14-15(11)3/h9-10,12H,4-8H2,1-3H3. The average Bonchev–Trinajstić information content (AvgIpc) is 2.65. The molecule has 1 atom stereocenters. The van der Waals surface area contributed by atoms with Gasteiger partial charge in [0.2, 0.25) is 0 Å². The maximum absolute atomic E-state index is 5.57. The molecule has 1 aromatic rings. The highest BCUT2D eigenvalue weighted by molar-refractivity contribution is 4.88. The van der Waals surface area contributed by atoms with Crippen molar-refractivity contribution in [2.75, 3.05) is 19.8 Å². The summed E-state index contributed by atoms with van der Waals surface area (Å²) in [5.41, 5.74) is 0. The van der Waals surface area contributed by atoms with Gasteiger partial charge in [-0.2, -0.15) is 5.10 Å². The molecule has 92 valence electrons. The largest absolute Gasteiger partial charge is 0.380 e. The Kier molecular flexibility index (Phi) is 6.03. The molecule has 0 saturated carbocycles. The van der Waals surface area contributed by atoms with E-state index in [0.717, 1.165) is 38.4 Å². The molecule has 1 aromatic heterocycles. The number of likely N-dealkylation sites (N-methyl/N-ethyl adjacent to an activating group) is 1. The lowest BCUT2D eigenvalue weighted by molar-refractivity contribution is 0.111. The van der Waals surface area contributed by atoms with Gasteiger partial charge in [0.1, 0.15) is 12.2 Å². The summed E-state index contributed by atoms with van der Waals surface area (Å²) in [6, 6.07) is 0.319. The Balaban J connectivity index is 2.41. The number of aryl methyl sites for hydroxylation is 1. The van der Waals surface area contributed by atoms with E-state index in [9.17, 15) is 0 Å². The van der Waals surface area contributed by atoms with Crippen molar-refractivity contribution in [2.45, 2.75) is 32.7 Å². The van der Waals surface area contributed by atoms with Crippen molar-refractivity contribution in [3.63, 3.8) is 0 Å². The first-order valence-electron chi connectivity index (χ1n) is 5.91. The van der Waals surface area contributed by atoms with Gasteiger partial charge >= 0.3 is 0 Å². The molecule has 1 rings (SSSR count). The summed E-state index contributed by atoms with van der Waals surface area (Å²) in [7, 11) is 1.91. The number of ether oxygens (including phenoxy) is 1. The van der Waals surface area contributed by atoms with Crippen LogP contribution in [0.4, 0.5) is 0 Å². The zero-order valence-corrected chi connectivity index (χ0v) is 10.4. The van der Waals surface area contributed by atoms with Gasteiger partial charge in [-0.1, -0.05) is 13.8 Å². The minimum absolute atomic E-state index is 0.319. The zero-order chi connectivity index (χ0) is 11.8. The second kappa shape index (κ2) is 7.35. The monoisotopic (exact) mass is 226 g/mol. The summed E-state index contributed by atoms with van der Waals surface area (Å²) in [4.78, 5) is 4.22. The molecule has 16 heavy (non-hydrogen) atoms. The number of nitrogens with zero attached hydrogens (tertiary/aromatic N) is 3. The van der Waals surface area contributed by atoms with Crippen LogP contribution in [0.5, 0.6) is 0 Å². The lowest BCUT2D eigenvalue weighted by Gasteiger charge is -2.17. The highest BCUT2D eigenvalue weighted by Crippen LogP contribution is 1.99. The Labute approximate surface area is 97.2 Å². The first-order valence-corrected chi connectivity index (χ1v) is 5.91. The van der Waals surface area contributed by atoms with Gasteiger partial charge in [-0.05, 0) is 13.0 Å². The molecule has 0 aliphatic carbocycles. The topological polar surface area (TPSA) is 52.0 Å². The van der Waals surface area contributed by atoms with Crippen LogP contribution in [0, 0.1) is 0 Å². The fraction of sp³-hybridized carbons (Fsp3) is 0.818. The SMILES string of the molecule is CCCOCC(Cc1ncnn1C)NCC. The number of nitrogens with one attached hydrogen (secondary N) is 1. The van der Waals surface area contributed by atoms with E-state index in [0.29, 0.717) is 6.04 Å². The Morgan fingerprint density at radius 3 is 2.88 bits per heavy atom. The van der Waals surface area contributed by atoms with E-state index in [-0.39, 0.29) is 0 Å². The van der Waals surface area contributed by atoms with Crippen LogP contribution in [0.3, 0.4) is 0 Å². The minimum Gasteiger partial charge on any atom is -0.380 e. The first kappa shape index (κ1) is 13.1. The van der Waals surface area contributed by atoms with Crippen molar-refractivity contribution in [1.82, 2.24) is 20.1 Å². The summed E-state index contributed by atoms with van der Waals surface area (Å²) >= 11 is 0. The normalized spacial score (nSPS) is 12.9. The summed E-state index contributed by atoms with van der Waals surface area (Å²) in [6.07, 6.45) is 3.50. The molecule has 1 heterocycles. The van der Waals surface area contributed by atoms with Gasteiger partial charge in [0.15, 0.2) is 0 Å². The van der Waals surface area contributed by atoms with Crippen molar-refractivity contribution in [3.05, 3.63) is 12.2 Å². The Bertz CT molecular complexity index is 287. The van der Waals surface area contributed by atoms with Crippen LogP contribution in [0.25, 0.3) is 0 Å². The van der Waals surface area contributed by atoms with E-state index >= 15 is 0 Å². The van der Waals surface area contributed by atoms with Gasteiger partial charge in [-0.25, -0.2) is 4.98 Å². The first-order chi connectivity index (χ1) is 7.77. The Hall–Kier alpha value is -0.940. The van der Waals surface area contributed by atoms with Crippen molar-refractivity contribution in [3.8, 4) is 0 Å². The van der Waals surface area contributed by atoms with Crippen LogP contribution in [-0.4, -0.2) is 40.6 Å². The van der Waals surface area contributed by atoms with E-state index in [2.05, 4.69) is 29.2 Å². The van der Waals surface area contributed by atoms with E-state index < -0.39 is 0 Å². The van der Waals surface area contributed by atoms with Crippen molar-refractivity contribution < 1.29 is 4.74 Å². The van der Waals surface area contributed by atoms with Gasteiger partial charge in [0.05, 0.1) is 6.61 Å². The fourth-order valence-corrected chi connectivity index (χ4v) is 1.57. The maximum Gasteiger partial charge on any atom is 0.138 e. The number of hydrogen-bond donors (Lipinski definition) is 1. The quantitative estimate of drug-likeness (QED) is 0.665. The van der Waals surface area contributed by atoms with Gasteiger partial charge in [-0.3, -0.25) is 4.68 Å². The molecule has 0 spiro atoms. The molecule has 0 saturated heterocycles. The molecule has 0 aliphatic rings. The molecule has 0 bridgehead atoms. The van der Waals surface area contributed by atoms with Crippen LogP contribution in [0.1, 0.15) is 26.1 Å². The molecule has 0 amide bonds. The van der Waals surface area contributed by atoms with Crippen LogP contribution in [-0.2, 0) is 18.2 Å². The average molecular weight is 226 g/mol. The third-order valence-electron chi connectivity index (χ3n) is 2.39. The molecular formula is C11H22N4O. The van der Waals surface area contributed by atoms with E-state index in [1.807, 2.05) is 11.7 Å². The van der Waals surface area contributed by atoms with E-state index in [4.69, 9.17) is 4.74 Å². The van der Waals surface area contributed by atoms with Gasteiger partial charge in [0.25, 0.3) is 0 Å². The van der Waals surface area contributed by atoms with Crippen molar-refractivity contribution in [2.24, 2.45) is 7.05 Å². The third-order valence-corrected chi connectivity index (χ3v) is 2.39. The fourth-order valence-electron chi connectivity index (χ4n) is 1.57. The molecule has 0 fully saturated rings. The summed E-state index contributed by atoms with van der Waals surface area (Å²) in [6.45, 7) is 6.71. The van der Waals surface area contributed by atoms with E-state index in [1.54, 1.807) is 6.33 Å². The van der Waals surface area contributed by atoms with Crippen molar-refractivity contribution in [1.29, 1.82) is 0 Å². The molecule has 0 aliphatic heterocycles. The molecule has 1 N–H and O–H groups in total. The van der Waals surface area contributed by atoms with Crippen LogP contribution < -0.4 is 5.32 Å². The molecule has 0 radical (unpaired) electrons. The lowest BCUT2D eigenvalue weighted by atomic mass is 10.2. The van der Waals surface area contributed by atoms with Crippen molar-refractivity contribution >= 4 is 0 Å². The summed E-state index contributed by atoms with van der Waals surface area (Å²) in [5.74, 6) is 0.992. The second-order valence-electron chi connectivity index (χ2n) is 3.83. The highest BCUT2D eigenvalue weighted by Gasteiger charge is 2.11. The highest BCUT2D eigenvalue weighted by atomic mass is 16.5. The second-order valence-corrected chi connectivity index (χ2v) is 3.83. The zero-order valence-electron chi connectivity index (χ0n) is 10.4. The molecular weight excluding hydrogens is 204 g/mol. The Morgan fingerprint density at radius 2 is 2.31 bits per heavy atom. The van der Waals surface area contributed by atoms with Gasteiger partial charge < -0.3 is 10.1 Å². The van der Waals surface area contributed by atoms with Crippen LogP contribution in [0.15, 0.2) is 6.33 Å². The molecule has 1 unspecified atom stereocenters. The maximum atomic E-state index is 5.57. The third kappa shape index (κ3) is 4.28. The Morgan fingerprint density at radius 1 is 1.50 bits per heavy atom. The molecule has 5 heteroatoms.